The predicted molar refractivity (Wildman–Crippen MR) is 98.8 cm³/mol. The van der Waals surface area contributed by atoms with Crippen LogP contribution in [-0.2, 0) is 4.79 Å². The van der Waals surface area contributed by atoms with Gasteiger partial charge < -0.3 is 10.1 Å². The van der Waals surface area contributed by atoms with E-state index < -0.39 is 0 Å². The average Bonchev–Trinajstić information content (AvgIpc) is 2.54. The molecule has 0 aliphatic heterocycles. The molecule has 0 heterocycles. The molecule has 0 radical (unpaired) electrons. The van der Waals surface area contributed by atoms with E-state index >= 15 is 0 Å². The third-order valence-electron chi connectivity index (χ3n) is 3.18. The summed E-state index contributed by atoms with van der Waals surface area (Å²) in [6.07, 6.45) is 4.23. The second-order valence-corrected chi connectivity index (χ2v) is 6.05. The van der Waals surface area contributed by atoms with Crippen molar-refractivity contribution in [3.8, 4) is 5.75 Å². The summed E-state index contributed by atoms with van der Waals surface area (Å²) >= 11 is 3.45. The Labute approximate surface area is 145 Å². The van der Waals surface area contributed by atoms with Gasteiger partial charge in [0.1, 0.15) is 5.75 Å². The van der Waals surface area contributed by atoms with Gasteiger partial charge >= 0.3 is 0 Å². The van der Waals surface area contributed by atoms with E-state index in [0.29, 0.717) is 6.61 Å². The van der Waals surface area contributed by atoms with Gasteiger partial charge in [0.2, 0.25) is 5.91 Å². The van der Waals surface area contributed by atoms with Gasteiger partial charge in [-0.3, -0.25) is 4.79 Å². The van der Waals surface area contributed by atoms with Crippen LogP contribution in [0.5, 0.6) is 5.75 Å². The third kappa shape index (κ3) is 5.25. The summed E-state index contributed by atoms with van der Waals surface area (Å²) in [7, 11) is 0. The number of hydrogen-bond acceptors (Lipinski definition) is 2. The van der Waals surface area contributed by atoms with Crippen molar-refractivity contribution in [2.24, 2.45) is 0 Å². The lowest BCUT2D eigenvalue weighted by Crippen LogP contribution is -2.08. The standard InChI is InChI=1S/C19H20BrNO2/c1-3-12-23-18-7-5-4-6-15(18)9-11-19(22)21-17-10-8-14(2)13-16(17)20/h4-11,13H,3,12H2,1-2H3,(H,21,22)/b11-9+. The Kier molecular flexibility index (Phi) is 6.41. The molecule has 2 aromatic carbocycles. The fraction of sp³-hybridized carbons (Fsp3) is 0.211. The van der Waals surface area contributed by atoms with Gasteiger partial charge in [-0.15, -0.1) is 0 Å². The molecule has 0 aliphatic carbocycles. The van der Waals surface area contributed by atoms with Crippen LogP contribution in [0.1, 0.15) is 24.5 Å². The minimum Gasteiger partial charge on any atom is -0.493 e. The van der Waals surface area contributed by atoms with E-state index in [1.807, 2.05) is 49.4 Å². The molecule has 4 heteroatoms. The molecule has 23 heavy (non-hydrogen) atoms. The van der Waals surface area contributed by atoms with E-state index in [1.165, 1.54) is 6.08 Å². The summed E-state index contributed by atoms with van der Waals surface area (Å²) in [6.45, 7) is 4.72. The number of nitrogens with one attached hydrogen (secondary N) is 1. The lowest BCUT2D eigenvalue weighted by Gasteiger charge is -2.08. The number of aryl methyl sites for hydroxylation is 1. The maximum atomic E-state index is 12.1. The maximum Gasteiger partial charge on any atom is 0.248 e. The Morgan fingerprint density at radius 3 is 2.78 bits per heavy atom. The molecule has 0 saturated carbocycles. The highest BCUT2D eigenvalue weighted by Crippen LogP contribution is 2.24. The zero-order valence-corrected chi connectivity index (χ0v) is 14.9. The summed E-state index contributed by atoms with van der Waals surface area (Å²) in [5.74, 6) is 0.606. The van der Waals surface area contributed by atoms with Crippen LogP contribution in [0.2, 0.25) is 0 Å². The quantitative estimate of drug-likeness (QED) is 0.706. The van der Waals surface area contributed by atoms with Gasteiger partial charge in [-0.1, -0.05) is 31.2 Å². The van der Waals surface area contributed by atoms with Crippen molar-refractivity contribution in [1.82, 2.24) is 0 Å². The summed E-state index contributed by atoms with van der Waals surface area (Å²) in [4.78, 5) is 12.1. The van der Waals surface area contributed by atoms with Crippen molar-refractivity contribution >= 4 is 33.6 Å². The Hall–Kier alpha value is -2.07. The molecule has 0 aromatic heterocycles. The number of carbonyl (C=O) groups is 1. The first-order valence-electron chi connectivity index (χ1n) is 7.57. The van der Waals surface area contributed by atoms with E-state index in [4.69, 9.17) is 4.74 Å². The Morgan fingerprint density at radius 1 is 1.26 bits per heavy atom. The molecule has 1 N–H and O–H groups in total. The van der Waals surface area contributed by atoms with Crippen molar-refractivity contribution in [3.63, 3.8) is 0 Å². The molecule has 0 unspecified atom stereocenters. The van der Waals surface area contributed by atoms with Crippen LogP contribution in [-0.4, -0.2) is 12.5 Å². The minimum atomic E-state index is -0.181. The summed E-state index contributed by atoms with van der Waals surface area (Å²) < 4.78 is 6.55. The lowest BCUT2D eigenvalue weighted by atomic mass is 10.2. The van der Waals surface area contributed by atoms with Gasteiger partial charge in [-0.25, -0.2) is 0 Å². The van der Waals surface area contributed by atoms with E-state index in [1.54, 1.807) is 6.08 Å². The molecule has 1 amide bonds. The molecule has 2 aromatic rings. The van der Waals surface area contributed by atoms with Crippen molar-refractivity contribution in [2.45, 2.75) is 20.3 Å². The van der Waals surface area contributed by atoms with Gasteiger partial charge in [-0.2, -0.15) is 0 Å². The van der Waals surface area contributed by atoms with Crippen molar-refractivity contribution in [1.29, 1.82) is 0 Å². The molecule has 0 bridgehead atoms. The minimum absolute atomic E-state index is 0.181. The highest BCUT2D eigenvalue weighted by atomic mass is 79.9. The van der Waals surface area contributed by atoms with Crippen molar-refractivity contribution in [3.05, 3.63) is 64.1 Å². The molecular formula is C19H20BrNO2. The molecule has 0 saturated heterocycles. The van der Waals surface area contributed by atoms with E-state index in [0.717, 1.165) is 33.5 Å². The summed E-state index contributed by atoms with van der Waals surface area (Å²) in [6, 6.07) is 13.5. The van der Waals surface area contributed by atoms with Crippen molar-refractivity contribution in [2.75, 3.05) is 11.9 Å². The van der Waals surface area contributed by atoms with E-state index in [2.05, 4.69) is 28.2 Å². The Bertz CT molecular complexity index is 710. The lowest BCUT2D eigenvalue weighted by molar-refractivity contribution is -0.111. The zero-order chi connectivity index (χ0) is 16.7. The first kappa shape index (κ1) is 17.3. The first-order valence-corrected chi connectivity index (χ1v) is 8.36. The smallest absolute Gasteiger partial charge is 0.248 e. The van der Waals surface area contributed by atoms with Crippen LogP contribution in [0.15, 0.2) is 53.0 Å². The van der Waals surface area contributed by atoms with Crippen LogP contribution >= 0.6 is 15.9 Å². The SMILES string of the molecule is CCCOc1ccccc1/C=C/C(=O)Nc1ccc(C)cc1Br. The van der Waals surface area contributed by atoms with Crippen LogP contribution < -0.4 is 10.1 Å². The number of carbonyl (C=O) groups excluding carboxylic acids is 1. The number of amides is 1. The summed E-state index contributed by atoms with van der Waals surface area (Å²) in [5, 5.41) is 2.86. The monoisotopic (exact) mass is 373 g/mol. The summed E-state index contributed by atoms with van der Waals surface area (Å²) in [5.41, 5.74) is 2.77. The molecular weight excluding hydrogens is 354 g/mol. The molecule has 0 atom stereocenters. The number of anilines is 1. The number of ether oxygens (including phenoxy) is 1. The molecule has 120 valence electrons. The maximum absolute atomic E-state index is 12.1. The van der Waals surface area contributed by atoms with E-state index in [9.17, 15) is 4.79 Å². The number of rotatable bonds is 6. The number of para-hydroxylation sites is 1. The first-order chi connectivity index (χ1) is 11.1. The number of hydrogen-bond donors (Lipinski definition) is 1. The average molecular weight is 374 g/mol. The molecule has 3 nitrogen and oxygen atoms in total. The fourth-order valence-electron chi connectivity index (χ4n) is 2.02. The predicted octanol–water partition coefficient (Wildman–Crippen LogP) is 5.20. The topological polar surface area (TPSA) is 38.3 Å². The molecule has 0 spiro atoms. The molecule has 2 rings (SSSR count). The highest BCUT2D eigenvalue weighted by Gasteiger charge is 2.04. The Morgan fingerprint density at radius 2 is 2.04 bits per heavy atom. The Balaban J connectivity index is 2.06. The largest absolute Gasteiger partial charge is 0.493 e. The van der Waals surface area contributed by atoms with Crippen molar-refractivity contribution < 1.29 is 9.53 Å². The fourth-order valence-corrected chi connectivity index (χ4v) is 2.62. The van der Waals surface area contributed by atoms with Crippen LogP contribution in [0.4, 0.5) is 5.69 Å². The highest BCUT2D eigenvalue weighted by molar-refractivity contribution is 9.10. The second-order valence-electron chi connectivity index (χ2n) is 5.19. The van der Waals surface area contributed by atoms with Gasteiger partial charge in [-0.05, 0) is 59.1 Å². The zero-order valence-electron chi connectivity index (χ0n) is 13.3. The van der Waals surface area contributed by atoms with E-state index in [-0.39, 0.29) is 5.91 Å². The number of halogens is 1. The normalized spacial score (nSPS) is 10.7. The molecule has 0 fully saturated rings. The van der Waals surface area contributed by atoms with Gasteiger partial charge in [0.15, 0.2) is 0 Å². The van der Waals surface area contributed by atoms with Crippen LogP contribution in [0, 0.1) is 6.92 Å². The van der Waals surface area contributed by atoms with Crippen LogP contribution in [0.25, 0.3) is 6.08 Å². The van der Waals surface area contributed by atoms with Crippen LogP contribution in [0.3, 0.4) is 0 Å². The molecule has 0 aliphatic rings. The number of benzene rings is 2. The van der Waals surface area contributed by atoms with Gasteiger partial charge in [0, 0.05) is 16.1 Å². The van der Waals surface area contributed by atoms with Gasteiger partial charge in [0.25, 0.3) is 0 Å². The third-order valence-corrected chi connectivity index (χ3v) is 3.83. The van der Waals surface area contributed by atoms with Gasteiger partial charge in [0.05, 0.1) is 12.3 Å². The second kappa shape index (κ2) is 8.53.